The van der Waals surface area contributed by atoms with Gasteiger partial charge in [0, 0.05) is 37.9 Å². The number of amides is 1. The quantitative estimate of drug-likeness (QED) is 0.496. The molecule has 0 aliphatic carbocycles. The fourth-order valence-electron chi connectivity index (χ4n) is 3.88. The molecule has 0 atom stereocenters. The van der Waals surface area contributed by atoms with Crippen LogP contribution in [0.5, 0.6) is 0 Å². The van der Waals surface area contributed by atoms with E-state index in [2.05, 4.69) is 10.0 Å². The van der Waals surface area contributed by atoms with Gasteiger partial charge >= 0.3 is 5.97 Å². The highest BCUT2D eigenvalue weighted by molar-refractivity contribution is 7.92. The van der Waals surface area contributed by atoms with E-state index in [-0.39, 0.29) is 28.1 Å². The molecule has 1 fully saturated rings. The van der Waals surface area contributed by atoms with Gasteiger partial charge in [0.25, 0.3) is 10.0 Å². The van der Waals surface area contributed by atoms with Crippen LogP contribution in [0.1, 0.15) is 36.7 Å². The van der Waals surface area contributed by atoms with Gasteiger partial charge in [0.2, 0.25) is 5.91 Å². The van der Waals surface area contributed by atoms with E-state index in [1.165, 1.54) is 18.2 Å². The number of sulfonamides is 1. The van der Waals surface area contributed by atoms with E-state index < -0.39 is 16.0 Å². The highest BCUT2D eigenvalue weighted by atomic mass is 32.2. The lowest BCUT2D eigenvalue weighted by atomic mass is 10.1. The molecule has 3 rings (SSSR count). The van der Waals surface area contributed by atoms with Crippen LogP contribution in [0.4, 0.5) is 11.4 Å². The number of carboxylic acids is 1. The van der Waals surface area contributed by atoms with Gasteiger partial charge in [0.05, 0.1) is 22.7 Å². The van der Waals surface area contributed by atoms with Crippen molar-refractivity contribution in [3.8, 4) is 0 Å². The number of anilines is 2. The molecular formula is C24H32N4O5S. The molecule has 184 valence electrons. The molecule has 0 saturated carbocycles. The van der Waals surface area contributed by atoms with Crippen LogP contribution in [-0.2, 0) is 21.2 Å². The van der Waals surface area contributed by atoms with E-state index in [1.807, 2.05) is 30.6 Å². The van der Waals surface area contributed by atoms with Crippen LogP contribution in [-0.4, -0.2) is 69.1 Å². The van der Waals surface area contributed by atoms with Gasteiger partial charge in [-0.05, 0) is 56.2 Å². The van der Waals surface area contributed by atoms with Gasteiger partial charge in [0.15, 0.2) is 0 Å². The molecule has 0 spiro atoms. The minimum Gasteiger partial charge on any atom is -0.478 e. The van der Waals surface area contributed by atoms with Crippen molar-refractivity contribution < 1.29 is 23.1 Å². The zero-order valence-electron chi connectivity index (χ0n) is 19.7. The molecule has 10 heteroatoms. The lowest BCUT2D eigenvalue weighted by Gasteiger charge is -2.36. The van der Waals surface area contributed by atoms with Crippen LogP contribution in [0.15, 0.2) is 47.4 Å². The molecular weight excluding hydrogens is 456 g/mol. The number of rotatable bonds is 9. The van der Waals surface area contributed by atoms with Gasteiger partial charge in [-0.1, -0.05) is 19.1 Å². The average Bonchev–Trinajstić information content (AvgIpc) is 2.79. The van der Waals surface area contributed by atoms with Gasteiger partial charge in [-0.25, -0.2) is 13.2 Å². The monoisotopic (exact) mass is 488 g/mol. The number of nitrogens with zero attached hydrogens (tertiary/aromatic N) is 2. The zero-order valence-corrected chi connectivity index (χ0v) is 20.6. The van der Waals surface area contributed by atoms with Crippen LogP contribution in [0.25, 0.3) is 0 Å². The first-order chi connectivity index (χ1) is 16.1. The second kappa shape index (κ2) is 10.9. The van der Waals surface area contributed by atoms with E-state index in [0.29, 0.717) is 38.4 Å². The van der Waals surface area contributed by atoms with Crippen LogP contribution in [0, 0.1) is 0 Å². The number of aryl methyl sites for hydroxylation is 1. The number of hydrogen-bond acceptors (Lipinski definition) is 6. The lowest BCUT2D eigenvalue weighted by Crippen LogP contribution is -2.50. The third-order valence-electron chi connectivity index (χ3n) is 5.65. The Hall–Kier alpha value is -3.11. The van der Waals surface area contributed by atoms with Crippen LogP contribution >= 0.6 is 0 Å². The molecule has 1 aliphatic rings. The van der Waals surface area contributed by atoms with Crippen molar-refractivity contribution in [3.63, 3.8) is 0 Å². The Kier molecular flexibility index (Phi) is 8.16. The first kappa shape index (κ1) is 25.5. The summed E-state index contributed by atoms with van der Waals surface area (Å²) in [4.78, 5) is 28.1. The van der Waals surface area contributed by atoms with Crippen molar-refractivity contribution in [1.82, 2.24) is 10.2 Å². The van der Waals surface area contributed by atoms with Crippen LogP contribution < -0.4 is 14.9 Å². The van der Waals surface area contributed by atoms with Gasteiger partial charge in [-0.15, -0.1) is 0 Å². The van der Waals surface area contributed by atoms with Gasteiger partial charge in [0.1, 0.15) is 0 Å². The number of nitrogens with one attached hydrogen (secondary N) is 2. The third kappa shape index (κ3) is 6.48. The first-order valence-electron chi connectivity index (χ1n) is 11.3. The molecule has 1 heterocycles. The highest BCUT2D eigenvalue weighted by Gasteiger charge is 2.24. The predicted octanol–water partition coefficient (Wildman–Crippen LogP) is 2.39. The molecule has 3 N–H and O–H groups in total. The van der Waals surface area contributed by atoms with Gasteiger partial charge in [-0.3, -0.25) is 14.4 Å². The molecule has 2 aromatic rings. The van der Waals surface area contributed by atoms with Gasteiger partial charge < -0.3 is 15.3 Å². The summed E-state index contributed by atoms with van der Waals surface area (Å²) in [5.41, 5.74) is 1.75. The summed E-state index contributed by atoms with van der Waals surface area (Å²) in [5.74, 6) is -1.17. The molecule has 0 aromatic heterocycles. The molecule has 0 radical (unpaired) electrons. The minimum atomic E-state index is -3.85. The molecule has 9 nitrogen and oxygen atoms in total. The molecule has 0 unspecified atom stereocenters. The van der Waals surface area contributed by atoms with E-state index in [4.69, 9.17) is 0 Å². The Morgan fingerprint density at radius 1 is 1.03 bits per heavy atom. The van der Waals surface area contributed by atoms with Crippen molar-refractivity contribution in [3.05, 3.63) is 53.6 Å². The topological polar surface area (TPSA) is 119 Å². The second-order valence-electron chi connectivity index (χ2n) is 8.63. The molecule has 1 aliphatic heterocycles. The molecule has 2 aromatic carbocycles. The summed E-state index contributed by atoms with van der Waals surface area (Å²) in [5, 5.41) is 12.7. The summed E-state index contributed by atoms with van der Waals surface area (Å²) < 4.78 is 28.0. The second-order valence-corrected chi connectivity index (χ2v) is 10.3. The van der Waals surface area contributed by atoms with Crippen molar-refractivity contribution in [1.29, 1.82) is 0 Å². The highest BCUT2D eigenvalue weighted by Crippen LogP contribution is 2.27. The first-order valence-corrected chi connectivity index (χ1v) is 12.8. The van der Waals surface area contributed by atoms with Crippen molar-refractivity contribution in [2.75, 3.05) is 42.3 Å². The molecule has 34 heavy (non-hydrogen) atoms. The Morgan fingerprint density at radius 2 is 1.68 bits per heavy atom. The molecule has 0 bridgehead atoms. The Bertz CT molecular complexity index is 1120. The summed E-state index contributed by atoms with van der Waals surface area (Å²) >= 11 is 0. The Morgan fingerprint density at radius 3 is 2.24 bits per heavy atom. The number of piperazine rings is 1. The van der Waals surface area contributed by atoms with Crippen molar-refractivity contribution >= 4 is 33.3 Å². The fraction of sp³-hybridized carbons (Fsp3) is 0.417. The fourth-order valence-corrected chi connectivity index (χ4v) is 4.93. The van der Waals surface area contributed by atoms with E-state index in [1.54, 1.807) is 24.3 Å². The minimum absolute atomic E-state index is 0.0209. The number of carbonyl (C=O) groups is 2. The average molecular weight is 489 g/mol. The smallest absolute Gasteiger partial charge is 0.337 e. The Balaban J connectivity index is 1.71. The zero-order chi connectivity index (χ0) is 24.9. The number of carboxylic acid groups (broad SMARTS) is 1. The number of aromatic carboxylic acids is 1. The number of hydrogen-bond donors (Lipinski definition) is 3. The summed E-state index contributed by atoms with van der Waals surface area (Å²) in [6.07, 6.45) is 0.802. The van der Waals surface area contributed by atoms with E-state index in [9.17, 15) is 23.1 Å². The largest absolute Gasteiger partial charge is 0.478 e. The summed E-state index contributed by atoms with van der Waals surface area (Å²) in [6, 6.07) is 11.2. The number of benzene rings is 2. The number of carbonyl (C=O) groups excluding carboxylic acids is 1. The Labute approximate surface area is 200 Å². The SMILES string of the molecule is CCc1ccc(S(=O)(=O)Nc2ccc(N3CCN(CC(=O)NC(C)C)CC3)c(C(=O)O)c2)cc1. The normalized spacial score (nSPS) is 14.8. The third-order valence-corrected chi connectivity index (χ3v) is 7.05. The summed E-state index contributed by atoms with van der Waals surface area (Å²) in [7, 11) is -3.85. The van der Waals surface area contributed by atoms with Crippen molar-refractivity contribution in [2.24, 2.45) is 0 Å². The standard InChI is InChI=1S/C24H32N4O5S/c1-4-18-5-8-20(9-6-18)34(32,33)26-19-7-10-22(21(15-19)24(30)31)28-13-11-27(12-14-28)16-23(29)25-17(2)3/h5-10,15,17,26H,4,11-14,16H2,1-3H3,(H,25,29)(H,30,31). The lowest BCUT2D eigenvalue weighted by molar-refractivity contribution is -0.122. The van der Waals surface area contributed by atoms with Crippen LogP contribution in [0.3, 0.4) is 0 Å². The summed E-state index contributed by atoms with van der Waals surface area (Å²) in [6.45, 7) is 8.47. The molecule has 1 saturated heterocycles. The van der Waals surface area contributed by atoms with Gasteiger partial charge in [-0.2, -0.15) is 0 Å². The van der Waals surface area contributed by atoms with Crippen LogP contribution in [0.2, 0.25) is 0 Å². The van der Waals surface area contributed by atoms with E-state index in [0.717, 1.165) is 12.0 Å². The maximum absolute atomic E-state index is 12.8. The maximum Gasteiger partial charge on any atom is 0.337 e. The van der Waals surface area contributed by atoms with Crippen molar-refractivity contribution in [2.45, 2.75) is 38.1 Å². The predicted molar refractivity (Wildman–Crippen MR) is 132 cm³/mol. The molecule has 1 amide bonds. The maximum atomic E-state index is 12.8. The van der Waals surface area contributed by atoms with E-state index >= 15 is 0 Å².